The minimum absolute atomic E-state index is 0.320. The average Bonchev–Trinajstić information content (AvgIpc) is 2.69. The first kappa shape index (κ1) is 19.0. The number of hydrogen-bond donors (Lipinski definition) is 1. The van der Waals surface area contributed by atoms with Gasteiger partial charge in [0.25, 0.3) is 0 Å². The van der Waals surface area contributed by atoms with Crippen LogP contribution in [0.4, 0.5) is 0 Å². The Hall–Kier alpha value is -2.74. The van der Waals surface area contributed by atoms with Crippen molar-refractivity contribution in [1.82, 2.24) is 5.32 Å². The molecule has 1 aliphatic heterocycles. The van der Waals surface area contributed by atoms with Crippen molar-refractivity contribution in [3.05, 3.63) is 102 Å². The Bertz CT molecular complexity index is 788. The summed E-state index contributed by atoms with van der Waals surface area (Å²) >= 11 is 0. The quantitative estimate of drug-likeness (QED) is 0.649. The zero-order chi connectivity index (χ0) is 19.2. The normalized spacial score (nSPS) is 16.4. The predicted molar refractivity (Wildman–Crippen MR) is 114 cm³/mol. The van der Waals surface area contributed by atoms with Crippen LogP contribution in [0, 0.1) is 17.8 Å². The van der Waals surface area contributed by atoms with Gasteiger partial charge in [-0.05, 0) is 23.1 Å². The third-order valence-corrected chi connectivity index (χ3v) is 4.86. The second-order valence-corrected chi connectivity index (χ2v) is 7.58. The zero-order valence-electron chi connectivity index (χ0n) is 16.6. The van der Waals surface area contributed by atoms with E-state index >= 15 is 0 Å². The molecule has 0 amide bonds. The summed E-state index contributed by atoms with van der Waals surface area (Å²) in [6.07, 6.45) is 6.11. The van der Waals surface area contributed by atoms with E-state index in [0.29, 0.717) is 17.8 Å². The van der Waals surface area contributed by atoms with Crippen LogP contribution in [0.3, 0.4) is 0 Å². The molecule has 2 aromatic rings. The van der Waals surface area contributed by atoms with Gasteiger partial charge in [0.2, 0.25) is 0 Å². The molecular weight excluding hydrogens is 330 g/mol. The number of ether oxygens (including phenoxy) is 1. The van der Waals surface area contributed by atoms with Crippen molar-refractivity contribution >= 4 is 5.57 Å². The number of benzene rings is 2. The standard InChI is InChI=1S/C25H29NO/c1-18(2)22-15-16-27-25(19(3)4)24(22)26-17-23(20-11-7-5-8-12-20)21-13-9-6-10-14-21/h5-19,22,26H,1-4H3. The molecule has 1 unspecified atom stereocenters. The molecule has 1 N–H and O–H groups in total. The van der Waals surface area contributed by atoms with Gasteiger partial charge in [-0.15, -0.1) is 0 Å². The van der Waals surface area contributed by atoms with Crippen LogP contribution in [0.1, 0.15) is 38.8 Å². The summed E-state index contributed by atoms with van der Waals surface area (Å²) in [6, 6.07) is 21.0. The molecule has 0 aromatic heterocycles. The molecule has 1 aliphatic rings. The summed E-state index contributed by atoms with van der Waals surface area (Å²) in [4.78, 5) is 0. The van der Waals surface area contributed by atoms with E-state index in [4.69, 9.17) is 4.74 Å². The topological polar surface area (TPSA) is 21.3 Å². The van der Waals surface area contributed by atoms with Gasteiger partial charge in [0.05, 0.1) is 12.0 Å². The van der Waals surface area contributed by atoms with Gasteiger partial charge in [0, 0.05) is 23.6 Å². The maximum Gasteiger partial charge on any atom is 0.125 e. The molecule has 2 aromatic carbocycles. The largest absolute Gasteiger partial charge is 0.468 e. The first-order valence-corrected chi connectivity index (χ1v) is 9.73. The highest BCUT2D eigenvalue weighted by Gasteiger charge is 2.25. The molecule has 1 atom stereocenters. The summed E-state index contributed by atoms with van der Waals surface area (Å²) < 4.78 is 5.88. The maximum absolute atomic E-state index is 5.88. The van der Waals surface area contributed by atoms with Crippen LogP contribution in [0.5, 0.6) is 0 Å². The highest BCUT2D eigenvalue weighted by Crippen LogP contribution is 2.32. The monoisotopic (exact) mass is 359 g/mol. The first-order valence-electron chi connectivity index (χ1n) is 9.73. The van der Waals surface area contributed by atoms with Crippen molar-refractivity contribution in [2.45, 2.75) is 27.7 Å². The van der Waals surface area contributed by atoms with Crippen LogP contribution in [-0.4, -0.2) is 0 Å². The molecule has 0 spiro atoms. The van der Waals surface area contributed by atoms with E-state index in [1.165, 1.54) is 16.7 Å². The van der Waals surface area contributed by atoms with Crippen LogP contribution in [0.25, 0.3) is 5.57 Å². The molecule has 2 heteroatoms. The van der Waals surface area contributed by atoms with Gasteiger partial charge >= 0.3 is 0 Å². The Morgan fingerprint density at radius 2 is 1.44 bits per heavy atom. The first-order chi connectivity index (χ1) is 13.1. The molecular formula is C25H29NO. The molecule has 0 bridgehead atoms. The minimum atomic E-state index is 0.320. The SMILES string of the molecule is CC(C)C1=C(NC=C(c2ccccc2)c2ccccc2)C(C(C)C)C=CO1. The lowest BCUT2D eigenvalue weighted by Crippen LogP contribution is -2.25. The van der Waals surface area contributed by atoms with Crippen LogP contribution in [0.2, 0.25) is 0 Å². The van der Waals surface area contributed by atoms with Gasteiger partial charge in [-0.1, -0.05) is 88.4 Å². The highest BCUT2D eigenvalue weighted by atomic mass is 16.5. The Balaban J connectivity index is 2.02. The van der Waals surface area contributed by atoms with Gasteiger partial charge in [-0.3, -0.25) is 0 Å². The van der Waals surface area contributed by atoms with Crippen molar-refractivity contribution < 1.29 is 4.74 Å². The van der Waals surface area contributed by atoms with Crippen molar-refractivity contribution in [2.75, 3.05) is 0 Å². The molecule has 0 saturated heterocycles. The smallest absolute Gasteiger partial charge is 0.125 e. The lowest BCUT2D eigenvalue weighted by Gasteiger charge is -2.29. The molecule has 3 rings (SSSR count). The number of nitrogens with one attached hydrogen (secondary N) is 1. The maximum atomic E-state index is 5.88. The lowest BCUT2D eigenvalue weighted by atomic mass is 9.88. The summed E-state index contributed by atoms with van der Waals surface area (Å²) in [7, 11) is 0. The summed E-state index contributed by atoms with van der Waals surface area (Å²) in [5.74, 6) is 2.16. The molecule has 0 saturated carbocycles. The summed E-state index contributed by atoms with van der Waals surface area (Å²) in [5.41, 5.74) is 4.71. The van der Waals surface area contributed by atoms with Crippen LogP contribution in [-0.2, 0) is 4.74 Å². The second kappa shape index (κ2) is 8.77. The molecule has 140 valence electrons. The minimum Gasteiger partial charge on any atom is -0.468 e. The second-order valence-electron chi connectivity index (χ2n) is 7.58. The van der Waals surface area contributed by atoms with E-state index in [1.54, 1.807) is 0 Å². The van der Waals surface area contributed by atoms with Crippen molar-refractivity contribution in [1.29, 1.82) is 0 Å². The Morgan fingerprint density at radius 1 is 0.889 bits per heavy atom. The fraction of sp³-hybridized carbons (Fsp3) is 0.280. The fourth-order valence-electron chi connectivity index (χ4n) is 3.41. The van der Waals surface area contributed by atoms with Crippen LogP contribution < -0.4 is 5.32 Å². The summed E-state index contributed by atoms with van der Waals surface area (Å²) in [6.45, 7) is 8.84. The third-order valence-electron chi connectivity index (χ3n) is 4.86. The average molecular weight is 360 g/mol. The molecule has 27 heavy (non-hydrogen) atoms. The van der Waals surface area contributed by atoms with Crippen LogP contribution >= 0.6 is 0 Å². The Labute approximate surface area is 163 Å². The number of rotatable bonds is 6. The third kappa shape index (κ3) is 4.51. The molecule has 0 fully saturated rings. The predicted octanol–water partition coefficient (Wildman–Crippen LogP) is 6.35. The van der Waals surface area contributed by atoms with Crippen molar-refractivity contribution in [2.24, 2.45) is 17.8 Å². The van der Waals surface area contributed by atoms with E-state index < -0.39 is 0 Å². The lowest BCUT2D eigenvalue weighted by molar-refractivity contribution is 0.266. The van der Waals surface area contributed by atoms with E-state index in [-0.39, 0.29) is 0 Å². The summed E-state index contributed by atoms with van der Waals surface area (Å²) in [5, 5.41) is 3.62. The van der Waals surface area contributed by atoms with Crippen molar-refractivity contribution in [3.63, 3.8) is 0 Å². The molecule has 2 nitrogen and oxygen atoms in total. The molecule has 0 aliphatic carbocycles. The van der Waals surface area contributed by atoms with Gasteiger partial charge in [-0.2, -0.15) is 0 Å². The van der Waals surface area contributed by atoms with E-state index in [1.807, 2.05) is 18.4 Å². The van der Waals surface area contributed by atoms with E-state index in [9.17, 15) is 0 Å². The van der Waals surface area contributed by atoms with E-state index in [2.05, 4.69) is 93.8 Å². The van der Waals surface area contributed by atoms with Crippen LogP contribution in [0.15, 0.2) is 90.7 Å². The number of allylic oxidation sites excluding steroid dienone is 2. The molecule has 0 radical (unpaired) electrons. The van der Waals surface area contributed by atoms with Gasteiger partial charge < -0.3 is 10.1 Å². The Kier molecular flexibility index (Phi) is 6.18. The number of hydrogen-bond acceptors (Lipinski definition) is 2. The zero-order valence-corrected chi connectivity index (χ0v) is 16.6. The highest BCUT2D eigenvalue weighted by molar-refractivity contribution is 5.79. The van der Waals surface area contributed by atoms with Gasteiger partial charge in [0.15, 0.2) is 0 Å². The van der Waals surface area contributed by atoms with Gasteiger partial charge in [-0.25, -0.2) is 0 Å². The van der Waals surface area contributed by atoms with Crippen molar-refractivity contribution in [3.8, 4) is 0 Å². The fourth-order valence-corrected chi connectivity index (χ4v) is 3.41. The van der Waals surface area contributed by atoms with Gasteiger partial charge in [0.1, 0.15) is 5.76 Å². The molecule has 1 heterocycles. The Morgan fingerprint density at radius 3 is 1.93 bits per heavy atom. The van der Waals surface area contributed by atoms with E-state index in [0.717, 1.165) is 11.5 Å².